The van der Waals surface area contributed by atoms with Gasteiger partial charge in [-0.05, 0) is 24.3 Å². The standard InChI is InChI=1S/C19H17Cl2N5O3/c20-13-4-5-16(17(21)10-13)19-23-22-18(29-19)12-24-6-8-25(9-7-24)14-2-1-3-15(11-14)26(27)28/h1-5,10-11H,6-9,12H2. The Labute approximate surface area is 176 Å². The molecular weight excluding hydrogens is 417 g/mol. The molecular formula is C19H17Cl2N5O3. The Morgan fingerprint density at radius 3 is 2.59 bits per heavy atom. The highest BCUT2D eigenvalue weighted by Crippen LogP contribution is 2.29. The van der Waals surface area contributed by atoms with E-state index in [9.17, 15) is 10.1 Å². The highest BCUT2D eigenvalue weighted by molar-refractivity contribution is 6.36. The highest BCUT2D eigenvalue weighted by atomic mass is 35.5. The number of benzene rings is 2. The van der Waals surface area contributed by atoms with Crippen molar-refractivity contribution in [3.05, 3.63) is 68.5 Å². The Balaban J connectivity index is 1.37. The van der Waals surface area contributed by atoms with E-state index in [1.165, 1.54) is 6.07 Å². The predicted molar refractivity (Wildman–Crippen MR) is 110 cm³/mol. The van der Waals surface area contributed by atoms with Crippen LogP contribution >= 0.6 is 23.2 Å². The summed E-state index contributed by atoms with van der Waals surface area (Å²) >= 11 is 12.1. The third-order valence-electron chi connectivity index (χ3n) is 4.77. The lowest BCUT2D eigenvalue weighted by Gasteiger charge is -2.35. The summed E-state index contributed by atoms with van der Waals surface area (Å²) in [6.07, 6.45) is 0. The molecule has 1 fully saturated rings. The molecule has 4 rings (SSSR count). The van der Waals surface area contributed by atoms with Crippen molar-refractivity contribution in [2.75, 3.05) is 31.1 Å². The third-order valence-corrected chi connectivity index (χ3v) is 5.31. The average molecular weight is 434 g/mol. The smallest absolute Gasteiger partial charge is 0.271 e. The first-order valence-corrected chi connectivity index (χ1v) is 9.75. The minimum atomic E-state index is -0.375. The number of nitrogens with zero attached hydrogens (tertiary/aromatic N) is 5. The van der Waals surface area contributed by atoms with Crippen LogP contribution in [0.2, 0.25) is 10.0 Å². The van der Waals surface area contributed by atoms with E-state index >= 15 is 0 Å². The predicted octanol–water partition coefficient (Wildman–Crippen LogP) is 4.27. The molecule has 0 unspecified atom stereocenters. The van der Waals surface area contributed by atoms with Gasteiger partial charge in [-0.1, -0.05) is 29.3 Å². The number of nitro benzene ring substituents is 1. The second kappa shape index (κ2) is 8.36. The summed E-state index contributed by atoms with van der Waals surface area (Å²) in [5.74, 6) is 0.867. The van der Waals surface area contributed by atoms with Crippen molar-refractivity contribution in [3.63, 3.8) is 0 Å². The fourth-order valence-corrected chi connectivity index (χ4v) is 3.74. The summed E-state index contributed by atoms with van der Waals surface area (Å²) in [6, 6.07) is 11.8. The van der Waals surface area contributed by atoms with Crippen molar-refractivity contribution in [1.29, 1.82) is 0 Å². The zero-order chi connectivity index (χ0) is 20.4. The van der Waals surface area contributed by atoms with Crippen LogP contribution in [0.4, 0.5) is 11.4 Å². The maximum atomic E-state index is 11.0. The molecule has 0 aliphatic carbocycles. The van der Waals surface area contributed by atoms with Crippen molar-refractivity contribution in [3.8, 4) is 11.5 Å². The van der Waals surface area contributed by atoms with Gasteiger partial charge in [-0.3, -0.25) is 15.0 Å². The molecule has 1 aliphatic rings. The van der Waals surface area contributed by atoms with E-state index in [1.54, 1.807) is 30.3 Å². The van der Waals surface area contributed by atoms with Gasteiger partial charge in [0.05, 0.1) is 22.1 Å². The molecule has 10 heteroatoms. The summed E-state index contributed by atoms with van der Waals surface area (Å²) in [5, 5.41) is 20.2. The van der Waals surface area contributed by atoms with Crippen LogP contribution < -0.4 is 4.90 Å². The first-order valence-electron chi connectivity index (χ1n) is 8.99. The highest BCUT2D eigenvalue weighted by Gasteiger charge is 2.21. The monoisotopic (exact) mass is 433 g/mol. The molecule has 1 aliphatic heterocycles. The summed E-state index contributed by atoms with van der Waals surface area (Å²) in [5.41, 5.74) is 1.60. The first kappa shape index (κ1) is 19.6. The number of nitro groups is 1. The molecule has 8 nitrogen and oxygen atoms in total. The molecule has 1 aromatic heterocycles. The van der Waals surface area contributed by atoms with Crippen LogP contribution in [0.3, 0.4) is 0 Å². The molecule has 3 aromatic rings. The van der Waals surface area contributed by atoms with Crippen molar-refractivity contribution in [2.24, 2.45) is 0 Å². The fraction of sp³-hybridized carbons (Fsp3) is 0.263. The van der Waals surface area contributed by atoms with Crippen molar-refractivity contribution < 1.29 is 9.34 Å². The fourth-order valence-electron chi connectivity index (χ4n) is 3.25. The van der Waals surface area contributed by atoms with Gasteiger partial charge in [0.25, 0.3) is 5.69 Å². The summed E-state index contributed by atoms with van der Waals surface area (Å²) in [4.78, 5) is 14.9. The van der Waals surface area contributed by atoms with Gasteiger partial charge in [-0.15, -0.1) is 10.2 Å². The molecule has 2 heterocycles. The number of rotatable bonds is 5. The molecule has 0 amide bonds. The minimum absolute atomic E-state index is 0.101. The van der Waals surface area contributed by atoms with Crippen LogP contribution in [-0.2, 0) is 6.54 Å². The number of non-ortho nitro benzene ring substituents is 1. The third kappa shape index (κ3) is 4.50. The summed E-state index contributed by atoms with van der Waals surface area (Å²) < 4.78 is 5.77. The molecule has 0 radical (unpaired) electrons. The van der Waals surface area contributed by atoms with E-state index in [0.29, 0.717) is 33.9 Å². The number of anilines is 1. The van der Waals surface area contributed by atoms with E-state index < -0.39 is 0 Å². The number of hydrogen-bond donors (Lipinski definition) is 0. The van der Waals surface area contributed by atoms with Gasteiger partial charge < -0.3 is 9.32 Å². The molecule has 0 bridgehead atoms. The van der Waals surface area contributed by atoms with E-state index in [-0.39, 0.29) is 10.6 Å². The van der Waals surface area contributed by atoms with Crippen LogP contribution in [0.1, 0.15) is 5.89 Å². The molecule has 0 saturated carbocycles. The molecule has 29 heavy (non-hydrogen) atoms. The van der Waals surface area contributed by atoms with Gasteiger partial charge >= 0.3 is 0 Å². The van der Waals surface area contributed by atoms with Crippen LogP contribution in [0.25, 0.3) is 11.5 Å². The molecule has 0 spiro atoms. The lowest BCUT2D eigenvalue weighted by molar-refractivity contribution is -0.384. The maximum Gasteiger partial charge on any atom is 0.271 e. The van der Waals surface area contributed by atoms with Gasteiger partial charge in [-0.2, -0.15) is 0 Å². The molecule has 150 valence electrons. The lowest BCUT2D eigenvalue weighted by Crippen LogP contribution is -2.46. The molecule has 1 saturated heterocycles. The number of aromatic nitrogens is 2. The quantitative estimate of drug-likeness (QED) is 0.438. The molecule has 0 N–H and O–H groups in total. The zero-order valence-electron chi connectivity index (χ0n) is 15.3. The van der Waals surface area contributed by atoms with Crippen molar-refractivity contribution in [1.82, 2.24) is 15.1 Å². The second-order valence-corrected chi connectivity index (χ2v) is 7.51. The second-order valence-electron chi connectivity index (χ2n) is 6.67. The SMILES string of the molecule is O=[N+]([O-])c1cccc(N2CCN(Cc3nnc(-c4ccc(Cl)cc4Cl)o3)CC2)c1. The first-order chi connectivity index (χ1) is 14.0. The van der Waals surface area contributed by atoms with Gasteiger partial charge in [-0.25, -0.2) is 0 Å². The van der Waals surface area contributed by atoms with Crippen LogP contribution in [-0.4, -0.2) is 46.2 Å². The normalized spacial score (nSPS) is 14.9. The lowest BCUT2D eigenvalue weighted by atomic mass is 10.2. The summed E-state index contributed by atoms with van der Waals surface area (Å²) in [6.45, 7) is 3.60. The van der Waals surface area contributed by atoms with Gasteiger partial charge in [0.15, 0.2) is 0 Å². The van der Waals surface area contributed by atoms with Gasteiger partial charge in [0.1, 0.15) is 0 Å². The number of halogens is 2. The minimum Gasteiger partial charge on any atom is -0.419 e. The van der Waals surface area contributed by atoms with Crippen LogP contribution in [0, 0.1) is 10.1 Å². The zero-order valence-corrected chi connectivity index (χ0v) is 16.8. The van der Waals surface area contributed by atoms with Crippen molar-refractivity contribution >= 4 is 34.6 Å². The Morgan fingerprint density at radius 2 is 1.86 bits per heavy atom. The van der Waals surface area contributed by atoms with Gasteiger partial charge in [0.2, 0.25) is 11.8 Å². The molecule has 2 aromatic carbocycles. The van der Waals surface area contributed by atoms with Crippen LogP contribution in [0.5, 0.6) is 0 Å². The van der Waals surface area contributed by atoms with Crippen molar-refractivity contribution in [2.45, 2.75) is 6.54 Å². The Bertz CT molecular complexity index is 1030. The van der Waals surface area contributed by atoms with E-state index in [1.807, 2.05) is 6.07 Å². The average Bonchev–Trinajstić information content (AvgIpc) is 3.17. The Morgan fingerprint density at radius 1 is 1.07 bits per heavy atom. The van der Waals surface area contributed by atoms with Gasteiger partial charge in [0, 0.05) is 49.0 Å². The maximum absolute atomic E-state index is 11.0. The number of hydrogen-bond acceptors (Lipinski definition) is 7. The van der Waals surface area contributed by atoms with E-state index in [2.05, 4.69) is 20.0 Å². The number of piperazine rings is 1. The Hall–Kier alpha value is -2.68. The largest absolute Gasteiger partial charge is 0.419 e. The topological polar surface area (TPSA) is 88.5 Å². The van der Waals surface area contributed by atoms with Crippen LogP contribution in [0.15, 0.2) is 46.9 Å². The molecule has 0 atom stereocenters. The van der Waals surface area contributed by atoms with E-state index in [4.69, 9.17) is 27.6 Å². The van der Waals surface area contributed by atoms with E-state index in [0.717, 1.165) is 31.9 Å². The summed E-state index contributed by atoms with van der Waals surface area (Å²) in [7, 11) is 0. The Kier molecular flexibility index (Phi) is 5.66.